The van der Waals surface area contributed by atoms with Crippen LogP contribution in [-0.4, -0.2) is 17.0 Å². The summed E-state index contributed by atoms with van der Waals surface area (Å²) in [5.41, 5.74) is 7.46. The number of nitrogens with zero attached hydrogens (tertiary/aromatic N) is 1. The molecule has 1 aromatic carbocycles. The van der Waals surface area contributed by atoms with E-state index in [1.165, 1.54) is 27.8 Å². The second-order valence-corrected chi connectivity index (χ2v) is 5.80. The quantitative estimate of drug-likeness (QED) is 0.902. The van der Waals surface area contributed by atoms with Crippen LogP contribution in [0.2, 0.25) is 0 Å². The van der Waals surface area contributed by atoms with Crippen LogP contribution in [0.5, 0.6) is 0 Å². The Morgan fingerprint density at radius 3 is 2.26 bits per heavy atom. The number of nitrogens with one attached hydrogen (secondary N) is 2. The van der Waals surface area contributed by atoms with Gasteiger partial charge in [-0.15, -0.1) is 0 Å². The van der Waals surface area contributed by atoms with Crippen molar-refractivity contribution in [2.75, 3.05) is 7.05 Å². The Morgan fingerprint density at radius 1 is 1.16 bits per heavy atom. The fourth-order valence-corrected chi connectivity index (χ4v) is 2.90. The Balaban J connectivity index is 2.65. The smallest absolute Gasteiger partial charge is 0.121 e. The van der Waals surface area contributed by atoms with Crippen LogP contribution in [0.25, 0.3) is 11.3 Å². The molecule has 102 valence electrons. The zero-order chi connectivity index (χ0) is 14.2. The molecule has 0 aliphatic carbocycles. The van der Waals surface area contributed by atoms with E-state index in [1.54, 1.807) is 0 Å². The van der Waals surface area contributed by atoms with Crippen molar-refractivity contribution in [1.29, 1.82) is 0 Å². The fourth-order valence-electron chi connectivity index (χ4n) is 2.39. The number of benzene rings is 1. The first-order valence-electron chi connectivity index (χ1n) is 6.42. The topological polar surface area (TPSA) is 40.7 Å². The summed E-state index contributed by atoms with van der Waals surface area (Å²) in [5, 5.41) is 3.11. The number of aromatic amines is 1. The Labute approximate surface area is 123 Å². The second kappa shape index (κ2) is 5.47. The third-order valence-electron chi connectivity index (χ3n) is 3.66. The first-order valence-corrected chi connectivity index (χ1v) is 7.21. The number of hydrogen-bond acceptors (Lipinski definition) is 2. The van der Waals surface area contributed by atoms with Crippen molar-refractivity contribution < 1.29 is 0 Å². The first kappa shape index (κ1) is 14.3. The van der Waals surface area contributed by atoms with E-state index in [4.69, 9.17) is 4.98 Å². The maximum Gasteiger partial charge on any atom is 0.121 e. The minimum absolute atomic E-state index is 0.738. The van der Waals surface area contributed by atoms with Gasteiger partial charge in [-0.05, 0) is 72.9 Å². The van der Waals surface area contributed by atoms with Crippen LogP contribution in [0.15, 0.2) is 10.7 Å². The van der Waals surface area contributed by atoms with E-state index in [9.17, 15) is 0 Å². The van der Waals surface area contributed by atoms with E-state index in [-0.39, 0.29) is 0 Å². The molecule has 2 N–H and O–H groups in total. The summed E-state index contributed by atoms with van der Waals surface area (Å²) in [4.78, 5) is 7.99. The molecule has 1 heterocycles. The lowest BCUT2D eigenvalue weighted by atomic mass is 9.93. The highest BCUT2D eigenvalue weighted by Gasteiger charge is 2.16. The lowest BCUT2D eigenvalue weighted by Gasteiger charge is -2.13. The zero-order valence-electron chi connectivity index (χ0n) is 12.1. The SMILES string of the molecule is CNCc1nc(-c2c(C)c(C)cc(C)c2C)c(Br)[nH]1. The van der Waals surface area contributed by atoms with Crippen molar-refractivity contribution in [3.63, 3.8) is 0 Å². The molecule has 3 nitrogen and oxygen atoms in total. The number of hydrogen-bond donors (Lipinski definition) is 2. The summed E-state index contributed by atoms with van der Waals surface area (Å²) in [6.07, 6.45) is 0. The molecule has 1 aromatic heterocycles. The van der Waals surface area contributed by atoms with E-state index in [0.717, 1.165) is 22.7 Å². The van der Waals surface area contributed by atoms with Gasteiger partial charge in [-0.1, -0.05) is 6.07 Å². The van der Waals surface area contributed by atoms with E-state index < -0.39 is 0 Å². The normalized spacial score (nSPS) is 11.1. The number of halogens is 1. The summed E-state index contributed by atoms with van der Waals surface area (Å²) >= 11 is 3.60. The minimum atomic E-state index is 0.738. The van der Waals surface area contributed by atoms with Crippen molar-refractivity contribution in [1.82, 2.24) is 15.3 Å². The third-order valence-corrected chi connectivity index (χ3v) is 4.23. The van der Waals surface area contributed by atoms with Gasteiger partial charge in [-0.3, -0.25) is 0 Å². The van der Waals surface area contributed by atoms with E-state index >= 15 is 0 Å². The molecule has 19 heavy (non-hydrogen) atoms. The number of aromatic nitrogens is 2. The largest absolute Gasteiger partial charge is 0.335 e. The molecule has 0 saturated carbocycles. The molecule has 0 fully saturated rings. The lowest BCUT2D eigenvalue weighted by molar-refractivity contribution is 0.771. The van der Waals surface area contributed by atoms with Gasteiger partial charge in [-0.25, -0.2) is 4.98 Å². The molecule has 0 unspecified atom stereocenters. The average Bonchev–Trinajstić information content (AvgIpc) is 2.69. The summed E-state index contributed by atoms with van der Waals surface area (Å²) < 4.78 is 0.953. The molecule has 2 aromatic rings. The van der Waals surface area contributed by atoms with Gasteiger partial charge in [0.2, 0.25) is 0 Å². The number of H-pyrrole nitrogens is 1. The van der Waals surface area contributed by atoms with Crippen molar-refractivity contribution in [2.24, 2.45) is 0 Å². The standard InChI is InChI=1S/C15H20BrN3/c1-8-6-9(2)11(4)13(10(8)3)14-15(16)19-12(18-14)7-17-5/h6,17H,7H2,1-5H3,(H,18,19). The predicted octanol–water partition coefficient (Wildman–Crippen LogP) is 3.79. The maximum atomic E-state index is 4.71. The molecule has 0 atom stereocenters. The molecule has 4 heteroatoms. The highest BCUT2D eigenvalue weighted by atomic mass is 79.9. The van der Waals surface area contributed by atoms with Gasteiger partial charge in [0.25, 0.3) is 0 Å². The van der Waals surface area contributed by atoms with Gasteiger partial charge in [0.1, 0.15) is 16.1 Å². The minimum Gasteiger partial charge on any atom is -0.335 e. The predicted molar refractivity (Wildman–Crippen MR) is 83.4 cm³/mol. The summed E-state index contributed by atoms with van der Waals surface area (Å²) in [6.45, 7) is 9.37. The third kappa shape index (κ3) is 2.60. The van der Waals surface area contributed by atoms with Crippen LogP contribution >= 0.6 is 15.9 Å². The number of aryl methyl sites for hydroxylation is 2. The summed E-state index contributed by atoms with van der Waals surface area (Å²) in [5.74, 6) is 0.947. The Morgan fingerprint density at radius 2 is 1.74 bits per heavy atom. The van der Waals surface area contributed by atoms with Gasteiger partial charge in [0, 0.05) is 5.56 Å². The van der Waals surface area contributed by atoms with Gasteiger partial charge in [0.15, 0.2) is 0 Å². The molecule has 0 bridgehead atoms. The summed E-state index contributed by atoms with van der Waals surface area (Å²) in [7, 11) is 1.92. The van der Waals surface area contributed by atoms with Gasteiger partial charge in [-0.2, -0.15) is 0 Å². The van der Waals surface area contributed by atoms with Gasteiger partial charge in [0.05, 0.1) is 6.54 Å². The van der Waals surface area contributed by atoms with Crippen molar-refractivity contribution in [2.45, 2.75) is 34.2 Å². The van der Waals surface area contributed by atoms with E-state index in [0.29, 0.717) is 0 Å². The van der Waals surface area contributed by atoms with Crippen LogP contribution in [0.3, 0.4) is 0 Å². The molecular weight excluding hydrogens is 302 g/mol. The van der Waals surface area contributed by atoms with Crippen molar-refractivity contribution >= 4 is 15.9 Å². The van der Waals surface area contributed by atoms with Crippen molar-refractivity contribution in [3.05, 3.63) is 38.7 Å². The lowest BCUT2D eigenvalue weighted by Crippen LogP contribution is -2.06. The van der Waals surface area contributed by atoms with Crippen LogP contribution in [0, 0.1) is 27.7 Å². The Kier molecular flexibility index (Phi) is 4.11. The average molecular weight is 322 g/mol. The van der Waals surface area contributed by atoms with Crippen LogP contribution in [-0.2, 0) is 6.54 Å². The summed E-state index contributed by atoms with van der Waals surface area (Å²) in [6, 6.07) is 2.24. The Hall–Kier alpha value is -1.13. The second-order valence-electron chi connectivity index (χ2n) is 5.01. The highest BCUT2D eigenvalue weighted by molar-refractivity contribution is 9.10. The highest BCUT2D eigenvalue weighted by Crippen LogP contribution is 2.34. The first-order chi connectivity index (χ1) is 8.95. The molecule has 0 radical (unpaired) electrons. The van der Waals surface area contributed by atoms with E-state index in [2.05, 4.69) is 60.0 Å². The zero-order valence-corrected chi connectivity index (χ0v) is 13.7. The molecular formula is C15H20BrN3. The Bertz CT molecular complexity index is 588. The molecule has 0 aliphatic rings. The van der Waals surface area contributed by atoms with Crippen LogP contribution in [0.4, 0.5) is 0 Å². The molecule has 0 spiro atoms. The number of imidazole rings is 1. The molecule has 0 amide bonds. The van der Waals surface area contributed by atoms with E-state index in [1.807, 2.05) is 7.05 Å². The van der Waals surface area contributed by atoms with Crippen LogP contribution in [0.1, 0.15) is 28.1 Å². The van der Waals surface area contributed by atoms with Gasteiger partial charge < -0.3 is 10.3 Å². The fraction of sp³-hybridized carbons (Fsp3) is 0.400. The molecule has 0 aliphatic heterocycles. The van der Waals surface area contributed by atoms with Gasteiger partial charge >= 0.3 is 0 Å². The molecule has 0 saturated heterocycles. The van der Waals surface area contributed by atoms with Crippen molar-refractivity contribution in [3.8, 4) is 11.3 Å². The number of rotatable bonds is 3. The molecule has 2 rings (SSSR count). The maximum absolute atomic E-state index is 4.71. The van der Waals surface area contributed by atoms with Crippen LogP contribution < -0.4 is 5.32 Å². The monoisotopic (exact) mass is 321 g/mol.